The number of esters is 1. The summed E-state index contributed by atoms with van der Waals surface area (Å²) >= 11 is 6.02. The Hall–Kier alpha value is -2.03. The molecule has 0 aromatic carbocycles. The minimum Gasteiger partial charge on any atom is -0.460 e. The lowest BCUT2D eigenvalue weighted by Gasteiger charge is -2.34. The number of piperidine rings is 1. The fourth-order valence-corrected chi connectivity index (χ4v) is 3.72. The van der Waals surface area contributed by atoms with Crippen LogP contribution in [0.4, 0.5) is 19.0 Å². The lowest BCUT2D eigenvalue weighted by atomic mass is 9.95. The van der Waals surface area contributed by atoms with Crippen LogP contribution in [-0.2, 0) is 20.5 Å². The molecule has 1 aliphatic heterocycles. The predicted molar refractivity (Wildman–Crippen MR) is 112 cm³/mol. The number of carbonyl (C=O) groups is 2. The Bertz CT molecular complexity index is 788. The van der Waals surface area contributed by atoms with Gasteiger partial charge in [0.25, 0.3) is 0 Å². The predicted octanol–water partition coefficient (Wildman–Crippen LogP) is 4.55. The normalized spacial score (nSPS) is 15.7. The van der Waals surface area contributed by atoms with Crippen LogP contribution in [0.1, 0.15) is 52.0 Å². The van der Waals surface area contributed by atoms with Crippen LogP contribution in [0.25, 0.3) is 0 Å². The highest BCUT2D eigenvalue weighted by atomic mass is 35.5. The second kappa shape index (κ2) is 10.1. The third-order valence-electron chi connectivity index (χ3n) is 4.96. The van der Waals surface area contributed by atoms with E-state index in [2.05, 4.69) is 4.98 Å². The number of aromatic nitrogens is 1. The molecular weight excluding hydrogens is 435 g/mol. The van der Waals surface area contributed by atoms with Gasteiger partial charge in [-0.25, -0.2) is 4.98 Å². The van der Waals surface area contributed by atoms with Crippen molar-refractivity contribution >= 4 is 29.3 Å². The summed E-state index contributed by atoms with van der Waals surface area (Å²) < 4.78 is 43.6. The van der Waals surface area contributed by atoms with Crippen LogP contribution in [0.2, 0.25) is 5.02 Å². The number of carbonyl (C=O) groups excluding carboxylic acids is 2. The van der Waals surface area contributed by atoms with E-state index in [9.17, 15) is 22.8 Å². The summed E-state index contributed by atoms with van der Waals surface area (Å²) in [7, 11) is 1.71. The van der Waals surface area contributed by atoms with E-state index in [1.165, 1.54) is 0 Å². The quantitative estimate of drug-likeness (QED) is 0.579. The Morgan fingerprint density at radius 2 is 1.87 bits per heavy atom. The van der Waals surface area contributed by atoms with Crippen LogP contribution >= 0.6 is 11.6 Å². The highest BCUT2D eigenvalue weighted by Gasteiger charge is 2.33. The monoisotopic (exact) mass is 463 g/mol. The molecule has 1 aromatic rings. The first-order valence-electron chi connectivity index (χ1n) is 10.2. The molecule has 31 heavy (non-hydrogen) atoms. The van der Waals surface area contributed by atoms with Crippen LogP contribution in [0.3, 0.4) is 0 Å². The van der Waals surface area contributed by atoms with E-state index in [0.717, 1.165) is 12.3 Å². The fraction of sp³-hybridized carbons (Fsp3) is 0.667. The summed E-state index contributed by atoms with van der Waals surface area (Å²) in [6.45, 7) is 6.81. The van der Waals surface area contributed by atoms with Gasteiger partial charge in [0.2, 0.25) is 5.91 Å². The summed E-state index contributed by atoms with van der Waals surface area (Å²) in [4.78, 5) is 31.8. The topological polar surface area (TPSA) is 62.7 Å². The number of nitrogens with zero attached hydrogens (tertiary/aromatic N) is 3. The van der Waals surface area contributed by atoms with Gasteiger partial charge in [-0.3, -0.25) is 9.59 Å². The molecule has 174 valence electrons. The van der Waals surface area contributed by atoms with Crippen molar-refractivity contribution in [1.29, 1.82) is 0 Å². The molecule has 0 radical (unpaired) electrons. The molecule has 0 N–H and O–H groups in total. The molecule has 0 spiro atoms. The number of rotatable bonds is 6. The number of anilines is 1. The lowest BCUT2D eigenvalue weighted by Crippen LogP contribution is -2.42. The summed E-state index contributed by atoms with van der Waals surface area (Å²) in [5.41, 5.74) is -1.42. The SMILES string of the molecule is CN(CCCC(=O)OC(C)(C)C)C(=O)C1CCN(c2ncc(C(F)(F)F)cc2Cl)CC1. The van der Waals surface area contributed by atoms with E-state index in [1.54, 1.807) is 37.6 Å². The molecule has 0 atom stereocenters. The van der Waals surface area contributed by atoms with Crippen LogP contribution in [-0.4, -0.2) is 54.0 Å². The van der Waals surface area contributed by atoms with E-state index >= 15 is 0 Å². The molecule has 2 heterocycles. The van der Waals surface area contributed by atoms with E-state index in [-0.39, 0.29) is 29.2 Å². The van der Waals surface area contributed by atoms with Gasteiger partial charge in [0.15, 0.2) is 0 Å². The van der Waals surface area contributed by atoms with E-state index < -0.39 is 17.3 Å². The molecule has 6 nitrogen and oxygen atoms in total. The fourth-order valence-electron chi connectivity index (χ4n) is 3.43. The summed E-state index contributed by atoms with van der Waals surface area (Å²) in [5.74, 6) is -0.180. The molecule has 0 saturated carbocycles. The van der Waals surface area contributed by atoms with Gasteiger partial charge >= 0.3 is 12.1 Å². The van der Waals surface area contributed by atoms with Crippen molar-refractivity contribution in [3.63, 3.8) is 0 Å². The largest absolute Gasteiger partial charge is 0.460 e. The Labute approximate surface area is 185 Å². The maximum Gasteiger partial charge on any atom is 0.417 e. The maximum absolute atomic E-state index is 12.8. The maximum atomic E-state index is 12.8. The van der Waals surface area contributed by atoms with Gasteiger partial charge in [0, 0.05) is 45.2 Å². The van der Waals surface area contributed by atoms with Crippen molar-refractivity contribution in [3.05, 3.63) is 22.8 Å². The molecule has 2 rings (SSSR count). The minimum atomic E-state index is -4.50. The van der Waals surface area contributed by atoms with Crippen molar-refractivity contribution in [2.75, 3.05) is 31.6 Å². The smallest absolute Gasteiger partial charge is 0.417 e. The molecule has 10 heteroatoms. The molecule has 0 bridgehead atoms. The van der Waals surface area contributed by atoms with Crippen molar-refractivity contribution in [2.24, 2.45) is 5.92 Å². The molecule has 1 saturated heterocycles. The van der Waals surface area contributed by atoms with Gasteiger partial charge in [-0.05, 0) is 46.1 Å². The molecule has 0 unspecified atom stereocenters. The Kier molecular flexibility index (Phi) is 8.19. The second-order valence-electron chi connectivity index (χ2n) is 8.74. The zero-order valence-electron chi connectivity index (χ0n) is 18.3. The highest BCUT2D eigenvalue weighted by molar-refractivity contribution is 6.33. The zero-order chi connectivity index (χ0) is 23.4. The van der Waals surface area contributed by atoms with Crippen LogP contribution in [0, 0.1) is 5.92 Å². The number of halogens is 4. The van der Waals surface area contributed by atoms with Crippen LogP contribution in [0.15, 0.2) is 12.3 Å². The number of pyridine rings is 1. The zero-order valence-corrected chi connectivity index (χ0v) is 19.0. The summed E-state index contributed by atoms with van der Waals surface area (Å²) in [5, 5.41) is -0.0566. The first-order valence-corrected chi connectivity index (χ1v) is 10.6. The van der Waals surface area contributed by atoms with Crippen LogP contribution in [0.5, 0.6) is 0 Å². The number of hydrogen-bond acceptors (Lipinski definition) is 5. The third-order valence-corrected chi connectivity index (χ3v) is 5.24. The number of ether oxygens (including phenoxy) is 1. The molecule has 0 aliphatic carbocycles. The van der Waals surface area contributed by atoms with Crippen molar-refractivity contribution < 1.29 is 27.5 Å². The van der Waals surface area contributed by atoms with E-state index in [4.69, 9.17) is 16.3 Å². The lowest BCUT2D eigenvalue weighted by molar-refractivity contribution is -0.155. The van der Waals surface area contributed by atoms with Gasteiger partial charge < -0.3 is 14.5 Å². The summed E-state index contributed by atoms with van der Waals surface area (Å²) in [6, 6.07) is 0.875. The minimum absolute atomic E-state index is 0.00434. The van der Waals surface area contributed by atoms with E-state index in [1.807, 2.05) is 0 Å². The van der Waals surface area contributed by atoms with Crippen molar-refractivity contribution in [1.82, 2.24) is 9.88 Å². The first-order chi connectivity index (χ1) is 14.3. The number of amides is 1. The number of alkyl halides is 3. The number of hydrogen-bond donors (Lipinski definition) is 0. The molecule has 1 fully saturated rings. The Balaban J connectivity index is 1.82. The Morgan fingerprint density at radius 1 is 1.26 bits per heavy atom. The molecule has 1 aromatic heterocycles. The van der Waals surface area contributed by atoms with Gasteiger partial charge in [0.1, 0.15) is 11.4 Å². The van der Waals surface area contributed by atoms with Gasteiger partial charge in [-0.2, -0.15) is 13.2 Å². The Morgan fingerprint density at radius 3 is 2.39 bits per heavy atom. The van der Waals surface area contributed by atoms with Gasteiger partial charge in [-0.15, -0.1) is 0 Å². The van der Waals surface area contributed by atoms with Crippen molar-refractivity contribution in [2.45, 2.75) is 58.2 Å². The molecule has 1 amide bonds. The van der Waals surface area contributed by atoms with Crippen molar-refractivity contribution in [3.8, 4) is 0 Å². The average molecular weight is 464 g/mol. The van der Waals surface area contributed by atoms with E-state index in [0.29, 0.717) is 44.7 Å². The first kappa shape index (κ1) is 25.2. The molecule has 1 aliphatic rings. The highest BCUT2D eigenvalue weighted by Crippen LogP contribution is 2.34. The molecular formula is C21H29ClF3N3O3. The second-order valence-corrected chi connectivity index (χ2v) is 9.15. The standard InChI is InChI=1S/C21H29ClF3N3O3/c1-20(2,3)31-17(29)6-5-9-27(4)19(30)14-7-10-28(11-8-14)18-16(22)12-15(13-26-18)21(23,24)25/h12-14H,5-11H2,1-4H3. The third kappa shape index (κ3) is 7.55. The van der Waals surface area contributed by atoms with Gasteiger partial charge in [0.05, 0.1) is 10.6 Å². The summed E-state index contributed by atoms with van der Waals surface area (Å²) in [6.07, 6.45) is -1.87. The van der Waals surface area contributed by atoms with Gasteiger partial charge in [-0.1, -0.05) is 11.6 Å². The van der Waals surface area contributed by atoms with Crippen LogP contribution < -0.4 is 4.90 Å². The average Bonchev–Trinajstić information content (AvgIpc) is 2.65.